The van der Waals surface area contributed by atoms with Crippen LogP contribution in [0.1, 0.15) is 66.8 Å². The molecule has 275 valence electrons. The molecule has 0 aliphatic rings. The zero-order valence-corrected chi connectivity index (χ0v) is 37.7. The van der Waals surface area contributed by atoms with Crippen molar-refractivity contribution in [3.8, 4) is 44.5 Å². The molecule has 3 heteroatoms. The van der Waals surface area contributed by atoms with Gasteiger partial charge in [-0.15, -0.1) is 5.69 Å². The maximum absolute atomic E-state index is 8.92. The third-order valence-electron chi connectivity index (χ3n) is 9.99. The maximum atomic E-state index is 8.92. The second-order valence-corrected chi connectivity index (χ2v) is 15.3. The first-order valence-electron chi connectivity index (χ1n) is 17.8. The van der Waals surface area contributed by atoms with E-state index in [2.05, 4.69) is 168 Å². The van der Waals surface area contributed by atoms with E-state index in [9.17, 15) is 0 Å². The fourth-order valence-corrected chi connectivity index (χ4v) is 9.22. The first-order chi connectivity index (χ1) is 24.1. The summed E-state index contributed by atoms with van der Waals surface area (Å²) in [6, 6.07) is 30.8. The predicted molar refractivity (Wildman–Crippen MR) is 230 cm³/mol. The van der Waals surface area contributed by atoms with Gasteiger partial charge in [0, 0.05) is 0 Å². The van der Waals surface area contributed by atoms with Gasteiger partial charge in [-0.25, -0.2) is 0 Å². The van der Waals surface area contributed by atoms with Crippen molar-refractivity contribution in [3.63, 3.8) is 0 Å². The monoisotopic (exact) mass is 866 g/mol. The number of rotatable bonds is 5. The topological polar surface area (TPSA) is 36.2 Å². The normalized spacial score (nSPS) is 10.5. The Bertz CT molecular complexity index is 2060. The minimum atomic E-state index is 0. The molecule has 0 saturated carbocycles. The number of aryl methyl sites for hydroxylation is 12. The fourth-order valence-electron chi connectivity index (χ4n) is 8.44. The minimum Gasteiger partial charge on any atom is -0.358 e. The van der Waals surface area contributed by atoms with E-state index in [1.54, 1.807) is 0 Å². The quantitative estimate of drug-likeness (QED) is 0.155. The summed E-state index contributed by atoms with van der Waals surface area (Å²) in [7, 11) is 0. The molecule has 6 aromatic rings. The maximum Gasteiger partial charge on any atom is -0.358 e. The fraction of sp³-hybridized carbons (Fsp3) is 0.240. The van der Waals surface area contributed by atoms with Crippen molar-refractivity contribution in [2.45, 2.75) is 83.1 Å². The summed E-state index contributed by atoms with van der Waals surface area (Å²) in [6.45, 7) is 26.0. The predicted octanol–water partition coefficient (Wildman–Crippen LogP) is 15.7. The number of nitrogens with zero attached hydrogens (tertiary/aromatic N) is 1. The van der Waals surface area contributed by atoms with E-state index in [1.807, 2.05) is 0 Å². The zero-order chi connectivity index (χ0) is 37.3. The molecule has 0 radical (unpaired) electrons. The van der Waals surface area contributed by atoms with Crippen LogP contribution in [0.5, 0.6) is 0 Å². The zero-order valence-electron chi connectivity index (χ0n) is 34.5. The third kappa shape index (κ3) is 8.90. The Morgan fingerprint density at radius 1 is 0.377 bits per heavy atom. The molecule has 0 fully saturated rings. The Morgan fingerprint density at radius 3 is 0.811 bits per heavy atom. The summed E-state index contributed by atoms with van der Waals surface area (Å²) in [5.41, 5.74) is 35.6. The van der Waals surface area contributed by atoms with Gasteiger partial charge in [-0.3, -0.25) is 0 Å². The molecule has 0 heterocycles. The number of benzene rings is 6. The Morgan fingerprint density at radius 2 is 0.585 bits per heavy atom. The van der Waals surface area contributed by atoms with Crippen molar-refractivity contribution in [1.29, 1.82) is 0 Å². The molecule has 53 heavy (non-hydrogen) atoms. The molecular weight excluding hydrogens is 810 g/mol. The number of hydrogen-bond acceptors (Lipinski definition) is 1. The van der Waals surface area contributed by atoms with Crippen LogP contribution in [0.3, 0.4) is 0 Å². The molecule has 0 bridgehead atoms. The van der Waals surface area contributed by atoms with Crippen LogP contribution < -0.4 is 0 Å². The third-order valence-corrected chi connectivity index (χ3v) is 10.7. The van der Waals surface area contributed by atoms with Crippen LogP contribution in [0, 0.1) is 97.9 Å². The smallest absolute Gasteiger partial charge is 0.358 e. The molecule has 6 aromatic carbocycles. The summed E-state index contributed by atoms with van der Waals surface area (Å²) in [6.07, 6.45) is 0. The Balaban J connectivity index is 0.000000275. The Kier molecular flexibility index (Phi) is 14.3. The molecule has 0 amide bonds. The van der Waals surface area contributed by atoms with Crippen LogP contribution in [-0.2, 0) is 20.9 Å². The molecule has 1 N–H and O–H groups in total. The summed E-state index contributed by atoms with van der Waals surface area (Å²) in [5, 5.41) is 0. The SMILES string of the molecule is Cc1cc(C)c(-c2cccc(-c3c(C)cc(C)cc3C)c2[NH-])c(C)c1.Cc1cc(C)c(-c2cccc(-c3c(C)cc(C)cc3C)c2[N]=[Ta])c(C)c1.[CH3-].[CH3-]. The first-order valence-corrected chi connectivity index (χ1v) is 19.2. The second kappa shape index (κ2) is 17.7. The molecule has 0 unspecified atom stereocenters. The van der Waals surface area contributed by atoms with Crippen LogP contribution in [0.2, 0.25) is 0 Å². The first kappa shape index (κ1) is 43.1. The van der Waals surface area contributed by atoms with Crippen LogP contribution in [0.15, 0.2) is 88.3 Å². The van der Waals surface area contributed by atoms with Gasteiger partial charge in [0.05, 0.1) is 0 Å². The molecule has 0 aliphatic heterocycles. The van der Waals surface area contributed by atoms with Crippen molar-refractivity contribution < 1.29 is 20.9 Å². The standard InChI is InChI=1S/C24H26N.C24H25N.2CH3.Ta/c2*1-14-10-16(3)22(17(4)11-14)20-8-7-9-21(24(20)25)23-18(5)12-15(2)13-19(23)6;;;/h7-13,25H,1-6H3;7-13H,1-6H3;2*1H3;/q-1;;2*-1;. The van der Waals surface area contributed by atoms with Crippen molar-refractivity contribution in [2.75, 3.05) is 0 Å². The average Bonchev–Trinajstić information content (AvgIpc) is 3.01. The van der Waals surface area contributed by atoms with Gasteiger partial charge in [-0.1, -0.05) is 53.6 Å². The molecule has 0 spiro atoms. The summed E-state index contributed by atoms with van der Waals surface area (Å²) in [4.78, 5) is 0. The molecule has 6 rings (SSSR count). The molecular formula is C50H57N2Ta-3. The van der Waals surface area contributed by atoms with E-state index >= 15 is 0 Å². The van der Waals surface area contributed by atoms with Gasteiger partial charge in [-0.2, -0.15) is 0 Å². The van der Waals surface area contributed by atoms with Crippen molar-refractivity contribution in [2.24, 2.45) is 3.34 Å². The Hall–Kier alpha value is -4.34. The second-order valence-electron chi connectivity index (χ2n) is 14.6. The van der Waals surface area contributed by atoms with Gasteiger partial charge in [0.25, 0.3) is 0 Å². The van der Waals surface area contributed by atoms with E-state index in [4.69, 9.17) is 9.07 Å². The van der Waals surface area contributed by atoms with Crippen LogP contribution in [0.4, 0.5) is 11.4 Å². The number of nitrogens with one attached hydrogen (secondary N) is 1. The van der Waals surface area contributed by atoms with E-state index < -0.39 is 0 Å². The van der Waals surface area contributed by atoms with Gasteiger partial charge in [0.2, 0.25) is 0 Å². The average molecular weight is 867 g/mol. The van der Waals surface area contributed by atoms with Crippen LogP contribution in [-0.4, -0.2) is 0 Å². The van der Waals surface area contributed by atoms with Crippen LogP contribution in [0.25, 0.3) is 50.2 Å². The molecule has 0 aliphatic carbocycles. The molecule has 0 saturated heterocycles. The summed E-state index contributed by atoms with van der Waals surface area (Å²) >= 11 is 1.01. The molecule has 0 atom stereocenters. The van der Waals surface area contributed by atoms with Gasteiger partial charge < -0.3 is 20.6 Å². The molecule has 2 nitrogen and oxygen atoms in total. The Labute approximate surface area is 333 Å². The van der Waals surface area contributed by atoms with Gasteiger partial charge in [0.15, 0.2) is 0 Å². The van der Waals surface area contributed by atoms with E-state index in [0.29, 0.717) is 5.69 Å². The van der Waals surface area contributed by atoms with Crippen molar-refractivity contribution >= 4 is 11.4 Å². The summed E-state index contributed by atoms with van der Waals surface area (Å²) in [5.74, 6) is 0. The van der Waals surface area contributed by atoms with Gasteiger partial charge in [-0.05, 0) is 86.1 Å². The van der Waals surface area contributed by atoms with Gasteiger partial charge >= 0.3 is 170 Å². The minimum absolute atomic E-state index is 0. The van der Waals surface area contributed by atoms with Gasteiger partial charge in [0.1, 0.15) is 0 Å². The van der Waals surface area contributed by atoms with E-state index in [1.165, 1.54) is 100 Å². The largest absolute Gasteiger partial charge is 0.358 e. The van der Waals surface area contributed by atoms with E-state index in [0.717, 1.165) is 37.7 Å². The van der Waals surface area contributed by atoms with Crippen LogP contribution >= 0.6 is 0 Å². The number of hydrogen-bond donors (Lipinski definition) is 0. The molecule has 0 aromatic heterocycles. The summed E-state index contributed by atoms with van der Waals surface area (Å²) < 4.78 is 4.84. The van der Waals surface area contributed by atoms with E-state index in [-0.39, 0.29) is 14.9 Å². The van der Waals surface area contributed by atoms with Crippen molar-refractivity contribution in [1.82, 2.24) is 0 Å². The van der Waals surface area contributed by atoms with Crippen molar-refractivity contribution in [3.05, 3.63) is 172 Å².